The molecule has 1 N–H and O–H groups in total. The van der Waals surface area contributed by atoms with E-state index in [2.05, 4.69) is 24.1 Å². The molecule has 1 atom stereocenters. The highest BCUT2D eigenvalue weighted by Crippen LogP contribution is 2.10. The molecule has 1 heterocycles. The highest BCUT2D eigenvalue weighted by molar-refractivity contribution is 5.16. The minimum absolute atomic E-state index is 0.0197. The SMILES string of the molecule is CCOCC(C)Oc1cccc(CNCC(C)C)n1. The van der Waals surface area contributed by atoms with Crippen LogP contribution in [0.1, 0.15) is 33.4 Å². The van der Waals surface area contributed by atoms with Crippen LogP contribution in [0.4, 0.5) is 0 Å². The van der Waals surface area contributed by atoms with E-state index in [4.69, 9.17) is 9.47 Å². The molecular weight excluding hydrogens is 240 g/mol. The molecule has 1 rings (SSSR count). The molecule has 19 heavy (non-hydrogen) atoms. The lowest BCUT2D eigenvalue weighted by Crippen LogP contribution is -2.21. The van der Waals surface area contributed by atoms with Gasteiger partial charge in [-0.3, -0.25) is 0 Å². The molecule has 0 aliphatic rings. The average molecular weight is 266 g/mol. The van der Waals surface area contributed by atoms with E-state index in [1.54, 1.807) is 0 Å². The summed E-state index contributed by atoms with van der Waals surface area (Å²) in [5.74, 6) is 1.31. The first-order chi connectivity index (χ1) is 9.11. The van der Waals surface area contributed by atoms with E-state index in [1.807, 2.05) is 32.0 Å². The highest BCUT2D eigenvalue weighted by Gasteiger charge is 2.05. The van der Waals surface area contributed by atoms with Crippen molar-refractivity contribution in [2.24, 2.45) is 5.92 Å². The molecule has 1 aromatic heterocycles. The van der Waals surface area contributed by atoms with Crippen molar-refractivity contribution in [1.82, 2.24) is 10.3 Å². The van der Waals surface area contributed by atoms with Crippen molar-refractivity contribution in [2.45, 2.75) is 40.3 Å². The summed E-state index contributed by atoms with van der Waals surface area (Å²) in [6, 6.07) is 5.86. The Morgan fingerprint density at radius 2 is 2.05 bits per heavy atom. The van der Waals surface area contributed by atoms with Crippen LogP contribution < -0.4 is 10.1 Å². The molecule has 0 fully saturated rings. The van der Waals surface area contributed by atoms with E-state index in [9.17, 15) is 0 Å². The Morgan fingerprint density at radius 3 is 2.74 bits per heavy atom. The molecule has 1 unspecified atom stereocenters. The molecule has 1 aromatic rings. The zero-order valence-electron chi connectivity index (χ0n) is 12.5. The second kappa shape index (κ2) is 8.88. The van der Waals surface area contributed by atoms with Crippen molar-refractivity contribution in [3.63, 3.8) is 0 Å². The van der Waals surface area contributed by atoms with Gasteiger partial charge in [-0.15, -0.1) is 0 Å². The predicted molar refractivity (Wildman–Crippen MR) is 77.4 cm³/mol. The minimum Gasteiger partial charge on any atom is -0.472 e. The van der Waals surface area contributed by atoms with E-state index in [0.717, 1.165) is 18.8 Å². The largest absolute Gasteiger partial charge is 0.472 e. The predicted octanol–water partition coefficient (Wildman–Crippen LogP) is 2.63. The topological polar surface area (TPSA) is 43.4 Å². The minimum atomic E-state index is 0.0197. The first kappa shape index (κ1) is 15.9. The Kier molecular flexibility index (Phi) is 7.45. The Labute approximate surface area is 116 Å². The summed E-state index contributed by atoms with van der Waals surface area (Å²) in [6.07, 6.45) is 0.0197. The maximum absolute atomic E-state index is 5.72. The van der Waals surface area contributed by atoms with E-state index in [-0.39, 0.29) is 6.10 Å². The van der Waals surface area contributed by atoms with Gasteiger partial charge in [0.15, 0.2) is 0 Å². The van der Waals surface area contributed by atoms with Crippen LogP contribution in [-0.2, 0) is 11.3 Å². The molecule has 0 spiro atoms. The maximum atomic E-state index is 5.72. The second-order valence-electron chi connectivity index (χ2n) is 5.08. The maximum Gasteiger partial charge on any atom is 0.213 e. The summed E-state index contributed by atoms with van der Waals surface area (Å²) < 4.78 is 11.0. The van der Waals surface area contributed by atoms with Crippen molar-refractivity contribution >= 4 is 0 Å². The number of nitrogens with zero attached hydrogens (tertiary/aromatic N) is 1. The van der Waals surface area contributed by atoms with Gasteiger partial charge in [0.2, 0.25) is 5.88 Å². The molecule has 0 bridgehead atoms. The Morgan fingerprint density at radius 1 is 1.26 bits per heavy atom. The summed E-state index contributed by atoms with van der Waals surface area (Å²) in [6.45, 7) is 11.4. The van der Waals surface area contributed by atoms with Gasteiger partial charge in [-0.05, 0) is 32.4 Å². The number of pyridine rings is 1. The van der Waals surface area contributed by atoms with Crippen LogP contribution in [0.2, 0.25) is 0 Å². The number of hydrogen-bond acceptors (Lipinski definition) is 4. The Bertz CT molecular complexity index is 356. The van der Waals surface area contributed by atoms with E-state index < -0.39 is 0 Å². The quantitative estimate of drug-likeness (QED) is 0.746. The Hall–Kier alpha value is -1.13. The number of aromatic nitrogens is 1. The molecule has 4 nitrogen and oxygen atoms in total. The van der Waals surface area contributed by atoms with Gasteiger partial charge < -0.3 is 14.8 Å². The van der Waals surface area contributed by atoms with Crippen molar-refractivity contribution in [1.29, 1.82) is 0 Å². The van der Waals surface area contributed by atoms with E-state index in [1.165, 1.54) is 0 Å². The smallest absolute Gasteiger partial charge is 0.213 e. The third-order valence-electron chi connectivity index (χ3n) is 2.52. The zero-order chi connectivity index (χ0) is 14.1. The molecule has 0 saturated carbocycles. The first-order valence-corrected chi connectivity index (χ1v) is 7.02. The standard InChI is InChI=1S/C15H26N2O2/c1-5-18-11-13(4)19-15-8-6-7-14(17-15)10-16-9-12(2)3/h6-8,12-13,16H,5,9-11H2,1-4H3. The molecule has 0 aliphatic carbocycles. The molecule has 0 amide bonds. The molecule has 0 aliphatic heterocycles. The van der Waals surface area contributed by atoms with Crippen LogP contribution in [0, 0.1) is 5.92 Å². The number of hydrogen-bond donors (Lipinski definition) is 1. The lowest BCUT2D eigenvalue weighted by atomic mass is 10.2. The van der Waals surface area contributed by atoms with Crippen LogP contribution in [0.5, 0.6) is 5.88 Å². The lowest BCUT2D eigenvalue weighted by molar-refractivity contribution is 0.0632. The molecule has 4 heteroatoms. The number of rotatable bonds is 9. The van der Waals surface area contributed by atoms with Crippen LogP contribution in [0.15, 0.2) is 18.2 Å². The third-order valence-corrected chi connectivity index (χ3v) is 2.52. The fourth-order valence-electron chi connectivity index (χ4n) is 1.63. The van der Waals surface area contributed by atoms with Crippen LogP contribution in [-0.4, -0.2) is 30.8 Å². The molecular formula is C15H26N2O2. The monoisotopic (exact) mass is 266 g/mol. The summed E-state index contributed by atoms with van der Waals surface area (Å²) in [7, 11) is 0. The van der Waals surface area contributed by atoms with Gasteiger partial charge in [0, 0.05) is 19.2 Å². The first-order valence-electron chi connectivity index (χ1n) is 7.02. The van der Waals surface area contributed by atoms with Crippen LogP contribution in [0.25, 0.3) is 0 Å². The Balaban J connectivity index is 2.42. The molecule has 0 saturated heterocycles. The summed E-state index contributed by atoms with van der Waals surface area (Å²) in [5.41, 5.74) is 1.00. The fourth-order valence-corrected chi connectivity index (χ4v) is 1.63. The van der Waals surface area contributed by atoms with Gasteiger partial charge in [-0.1, -0.05) is 19.9 Å². The van der Waals surface area contributed by atoms with Crippen molar-refractivity contribution in [3.05, 3.63) is 23.9 Å². The summed E-state index contributed by atoms with van der Waals surface area (Å²) >= 11 is 0. The van der Waals surface area contributed by atoms with Gasteiger partial charge in [0.05, 0.1) is 12.3 Å². The normalized spacial score (nSPS) is 12.7. The van der Waals surface area contributed by atoms with Crippen molar-refractivity contribution < 1.29 is 9.47 Å². The molecule has 0 aromatic carbocycles. The fraction of sp³-hybridized carbons (Fsp3) is 0.667. The van der Waals surface area contributed by atoms with E-state index >= 15 is 0 Å². The van der Waals surface area contributed by atoms with Gasteiger partial charge in [-0.2, -0.15) is 0 Å². The van der Waals surface area contributed by atoms with E-state index in [0.29, 0.717) is 25.0 Å². The van der Waals surface area contributed by atoms with Gasteiger partial charge in [-0.25, -0.2) is 4.98 Å². The number of ether oxygens (including phenoxy) is 2. The average Bonchev–Trinajstić information content (AvgIpc) is 2.36. The molecule has 0 radical (unpaired) electrons. The van der Waals surface area contributed by atoms with Crippen molar-refractivity contribution in [2.75, 3.05) is 19.8 Å². The highest BCUT2D eigenvalue weighted by atomic mass is 16.5. The summed E-state index contributed by atoms with van der Waals surface area (Å²) in [5, 5.41) is 3.37. The third kappa shape index (κ3) is 7.13. The van der Waals surface area contributed by atoms with Crippen LogP contribution >= 0.6 is 0 Å². The molecule has 108 valence electrons. The lowest BCUT2D eigenvalue weighted by Gasteiger charge is -2.14. The van der Waals surface area contributed by atoms with Crippen molar-refractivity contribution in [3.8, 4) is 5.88 Å². The number of nitrogens with one attached hydrogen (secondary N) is 1. The van der Waals surface area contributed by atoms with Gasteiger partial charge in [0.25, 0.3) is 0 Å². The summed E-state index contributed by atoms with van der Waals surface area (Å²) in [4.78, 5) is 4.48. The second-order valence-corrected chi connectivity index (χ2v) is 5.08. The van der Waals surface area contributed by atoms with Crippen LogP contribution in [0.3, 0.4) is 0 Å². The van der Waals surface area contributed by atoms with Gasteiger partial charge in [0.1, 0.15) is 6.10 Å². The van der Waals surface area contributed by atoms with Gasteiger partial charge >= 0.3 is 0 Å². The zero-order valence-corrected chi connectivity index (χ0v) is 12.5.